The number of amides is 1. The quantitative estimate of drug-likeness (QED) is 0.371. The van der Waals surface area contributed by atoms with Crippen LogP contribution in [-0.2, 0) is 20.7 Å². The lowest BCUT2D eigenvalue weighted by atomic mass is 10.2. The number of nitrogens with one attached hydrogen (secondary N) is 1. The molecule has 1 aromatic heterocycles. The van der Waals surface area contributed by atoms with Crippen molar-refractivity contribution in [3.63, 3.8) is 0 Å². The molecule has 1 N–H and O–H groups in total. The topological polar surface area (TPSA) is 99.5 Å². The number of benzene rings is 1. The number of hydrogen-bond acceptors (Lipinski definition) is 8. The molecule has 0 aliphatic carbocycles. The van der Waals surface area contributed by atoms with Crippen LogP contribution in [-0.4, -0.2) is 52.7 Å². The number of ether oxygens (including phenoxy) is 2. The average Bonchev–Trinajstić information content (AvgIpc) is 3.12. The second-order valence-electron chi connectivity index (χ2n) is 6.51. The molecule has 1 amide bonds. The number of hydrogen-bond donors (Lipinski definition) is 1. The van der Waals surface area contributed by atoms with Gasteiger partial charge in [0, 0.05) is 11.7 Å². The van der Waals surface area contributed by atoms with Crippen LogP contribution in [0.3, 0.4) is 0 Å². The highest BCUT2D eigenvalue weighted by Gasteiger charge is 2.27. The maximum atomic E-state index is 13.2. The summed E-state index contributed by atoms with van der Waals surface area (Å²) < 4.78 is 11.5. The molecule has 2 heterocycles. The number of nitrogens with zero attached hydrogens (tertiary/aromatic N) is 2. The van der Waals surface area contributed by atoms with Gasteiger partial charge in [0.05, 0.1) is 35.7 Å². The van der Waals surface area contributed by atoms with Gasteiger partial charge in [0.15, 0.2) is 5.16 Å². The molecule has 1 aliphatic rings. The molecule has 0 radical (unpaired) electrons. The van der Waals surface area contributed by atoms with Gasteiger partial charge < -0.3 is 14.8 Å². The van der Waals surface area contributed by atoms with Gasteiger partial charge in [-0.05, 0) is 31.2 Å². The van der Waals surface area contributed by atoms with E-state index in [4.69, 9.17) is 9.47 Å². The maximum Gasteiger partial charge on any atom is 0.325 e. The summed E-state index contributed by atoms with van der Waals surface area (Å²) in [6, 6.07) is 7.10. The number of aromatic nitrogens is 2. The van der Waals surface area contributed by atoms with E-state index in [9.17, 15) is 14.4 Å². The van der Waals surface area contributed by atoms with Crippen molar-refractivity contribution in [2.45, 2.75) is 35.6 Å². The second-order valence-corrected chi connectivity index (χ2v) is 8.90. The minimum absolute atomic E-state index is 0.0173. The molecule has 8 nitrogen and oxygen atoms in total. The van der Waals surface area contributed by atoms with Crippen LogP contribution in [0.4, 0.5) is 0 Å². The highest BCUT2D eigenvalue weighted by molar-refractivity contribution is 8.00. The summed E-state index contributed by atoms with van der Waals surface area (Å²) in [7, 11) is 1.58. The Labute approximate surface area is 182 Å². The first-order valence-corrected chi connectivity index (χ1v) is 11.3. The van der Waals surface area contributed by atoms with E-state index in [1.165, 1.54) is 16.3 Å². The molecule has 1 aliphatic heterocycles. The third-order valence-corrected chi connectivity index (χ3v) is 6.43. The van der Waals surface area contributed by atoms with Crippen LogP contribution in [0.15, 0.2) is 39.1 Å². The summed E-state index contributed by atoms with van der Waals surface area (Å²) in [5, 5.41) is 3.23. The van der Waals surface area contributed by atoms with Gasteiger partial charge in [-0.1, -0.05) is 18.7 Å². The van der Waals surface area contributed by atoms with Crippen molar-refractivity contribution in [3.05, 3.63) is 40.3 Å². The van der Waals surface area contributed by atoms with Gasteiger partial charge in [-0.3, -0.25) is 19.0 Å². The van der Waals surface area contributed by atoms with Gasteiger partial charge in [-0.25, -0.2) is 4.98 Å². The van der Waals surface area contributed by atoms with Crippen LogP contribution in [0.1, 0.15) is 19.5 Å². The van der Waals surface area contributed by atoms with Crippen molar-refractivity contribution in [1.29, 1.82) is 0 Å². The van der Waals surface area contributed by atoms with E-state index in [0.29, 0.717) is 27.9 Å². The van der Waals surface area contributed by atoms with Crippen LogP contribution < -0.4 is 15.6 Å². The van der Waals surface area contributed by atoms with E-state index in [0.717, 1.165) is 17.5 Å². The largest absolute Gasteiger partial charge is 0.497 e. The van der Waals surface area contributed by atoms with E-state index in [1.54, 1.807) is 38.3 Å². The maximum absolute atomic E-state index is 13.2. The standard InChI is InChI=1S/C20H23N3O5S2/c1-4-28-17(25)10-21-16(24)11-29-20-22-15-9-12(2)30-18(15)19(26)23(20)13-5-7-14(27-3)8-6-13/h5-8,12H,4,9-11H2,1-3H3,(H,21,24). The Kier molecular flexibility index (Phi) is 7.43. The molecule has 2 aromatic rings. The number of methoxy groups -OCH3 is 1. The van der Waals surface area contributed by atoms with E-state index in [1.807, 2.05) is 0 Å². The van der Waals surface area contributed by atoms with Crippen LogP contribution in [0, 0.1) is 0 Å². The predicted molar refractivity (Wildman–Crippen MR) is 116 cm³/mol. The first-order valence-electron chi connectivity index (χ1n) is 9.45. The Morgan fingerprint density at radius 2 is 2.07 bits per heavy atom. The van der Waals surface area contributed by atoms with E-state index >= 15 is 0 Å². The summed E-state index contributed by atoms with van der Waals surface area (Å²) in [6.45, 7) is 3.82. The van der Waals surface area contributed by atoms with Crippen LogP contribution >= 0.6 is 23.5 Å². The number of fused-ring (bicyclic) bond motifs is 1. The number of carbonyl (C=O) groups is 2. The molecule has 0 spiro atoms. The SMILES string of the molecule is CCOC(=O)CNC(=O)CSc1nc2c(c(=O)n1-c1ccc(OC)cc1)SC(C)C2. The van der Waals surface area contributed by atoms with Crippen molar-refractivity contribution in [2.75, 3.05) is 26.0 Å². The van der Waals surface area contributed by atoms with Gasteiger partial charge in [0.1, 0.15) is 12.3 Å². The van der Waals surface area contributed by atoms with E-state index in [-0.39, 0.29) is 35.6 Å². The Morgan fingerprint density at radius 3 is 2.73 bits per heavy atom. The van der Waals surface area contributed by atoms with Gasteiger partial charge in [-0.2, -0.15) is 0 Å². The second kappa shape index (κ2) is 10.0. The summed E-state index contributed by atoms with van der Waals surface area (Å²) >= 11 is 2.68. The lowest BCUT2D eigenvalue weighted by Gasteiger charge is -2.14. The van der Waals surface area contributed by atoms with Crippen LogP contribution in [0.25, 0.3) is 5.69 Å². The lowest BCUT2D eigenvalue weighted by Crippen LogP contribution is -2.32. The van der Waals surface area contributed by atoms with E-state index < -0.39 is 5.97 Å². The summed E-state index contributed by atoms with van der Waals surface area (Å²) in [5.41, 5.74) is 1.26. The third kappa shape index (κ3) is 5.17. The summed E-state index contributed by atoms with van der Waals surface area (Å²) in [5.74, 6) is -0.139. The molecule has 0 bridgehead atoms. The molecule has 0 saturated heterocycles. The van der Waals surface area contributed by atoms with Crippen molar-refractivity contribution < 1.29 is 19.1 Å². The number of esters is 1. The van der Waals surface area contributed by atoms with Crippen LogP contribution in [0.5, 0.6) is 5.75 Å². The number of carbonyl (C=O) groups excluding carboxylic acids is 2. The lowest BCUT2D eigenvalue weighted by molar-refractivity contribution is -0.143. The molecule has 160 valence electrons. The zero-order chi connectivity index (χ0) is 21.7. The molecule has 1 unspecified atom stereocenters. The van der Waals surface area contributed by atoms with Crippen molar-refractivity contribution in [3.8, 4) is 11.4 Å². The zero-order valence-electron chi connectivity index (χ0n) is 17.0. The summed E-state index contributed by atoms with van der Waals surface area (Å²) in [4.78, 5) is 42.1. The Hall–Kier alpha value is -2.46. The van der Waals surface area contributed by atoms with Crippen molar-refractivity contribution in [2.24, 2.45) is 0 Å². The molecule has 30 heavy (non-hydrogen) atoms. The molecule has 10 heteroatoms. The molecule has 1 atom stereocenters. The van der Waals surface area contributed by atoms with Gasteiger partial charge in [0.2, 0.25) is 5.91 Å². The number of thioether (sulfide) groups is 2. The molecular formula is C20H23N3O5S2. The first kappa shape index (κ1) is 22.2. The molecule has 0 fully saturated rings. The number of rotatable bonds is 8. The average molecular weight is 450 g/mol. The molecule has 3 rings (SSSR count). The molecule has 1 aromatic carbocycles. The molecular weight excluding hydrogens is 426 g/mol. The van der Waals surface area contributed by atoms with E-state index in [2.05, 4.69) is 17.2 Å². The Bertz CT molecular complexity index is 991. The van der Waals surface area contributed by atoms with Crippen LogP contribution in [0.2, 0.25) is 0 Å². The third-order valence-electron chi connectivity index (χ3n) is 4.28. The zero-order valence-corrected chi connectivity index (χ0v) is 18.6. The molecule has 0 saturated carbocycles. The highest BCUT2D eigenvalue weighted by atomic mass is 32.2. The first-order chi connectivity index (χ1) is 14.4. The van der Waals surface area contributed by atoms with Crippen molar-refractivity contribution in [1.82, 2.24) is 14.9 Å². The fraction of sp³-hybridized carbons (Fsp3) is 0.400. The predicted octanol–water partition coefficient (Wildman–Crippen LogP) is 2.05. The van der Waals surface area contributed by atoms with Gasteiger partial charge in [-0.15, -0.1) is 11.8 Å². The minimum atomic E-state index is -0.493. The van der Waals surface area contributed by atoms with Crippen molar-refractivity contribution >= 4 is 35.4 Å². The Balaban J connectivity index is 1.84. The Morgan fingerprint density at radius 1 is 1.33 bits per heavy atom. The fourth-order valence-electron chi connectivity index (χ4n) is 2.92. The smallest absolute Gasteiger partial charge is 0.325 e. The van der Waals surface area contributed by atoms with Gasteiger partial charge in [0.25, 0.3) is 5.56 Å². The monoisotopic (exact) mass is 449 g/mol. The minimum Gasteiger partial charge on any atom is -0.497 e. The fourth-order valence-corrected chi connectivity index (χ4v) is 4.87. The van der Waals surface area contributed by atoms with Gasteiger partial charge >= 0.3 is 5.97 Å². The normalized spacial score (nSPS) is 14.8. The summed E-state index contributed by atoms with van der Waals surface area (Å²) in [6.07, 6.45) is 0.710. The highest BCUT2D eigenvalue weighted by Crippen LogP contribution is 2.35.